The van der Waals surface area contributed by atoms with Gasteiger partial charge in [-0.3, -0.25) is 4.99 Å². The maximum Gasteiger partial charge on any atom is 0.389 e. The highest BCUT2D eigenvalue weighted by atomic mass is 127. The third-order valence-electron chi connectivity index (χ3n) is 3.05. The molecular formula is C15H22F4IN3. The summed E-state index contributed by atoms with van der Waals surface area (Å²) in [4.78, 5) is 3.97. The van der Waals surface area contributed by atoms with E-state index in [2.05, 4.69) is 15.6 Å². The Hall–Kier alpha value is -1.06. The van der Waals surface area contributed by atoms with E-state index in [4.69, 9.17) is 0 Å². The van der Waals surface area contributed by atoms with Crippen LogP contribution < -0.4 is 10.6 Å². The zero-order chi connectivity index (χ0) is 16.4. The molecule has 0 spiro atoms. The van der Waals surface area contributed by atoms with Crippen molar-refractivity contribution in [2.75, 3.05) is 20.1 Å². The van der Waals surface area contributed by atoms with Gasteiger partial charge >= 0.3 is 6.18 Å². The van der Waals surface area contributed by atoms with E-state index in [9.17, 15) is 17.6 Å². The molecule has 0 aromatic heterocycles. The second-order valence-electron chi connectivity index (χ2n) is 4.84. The highest BCUT2D eigenvalue weighted by Crippen LogP contribution is 2.21. The molecule has 1 aromatic carbocycles. The number of rotatable bonds is 7. The predicted molar refractivity (Wildman–Crippen MR) is 94.8 cm³/mol. The first-order valence-corrected chi connectivity index (χ1v) is 7.17. The normalized spacial score (nSPS) is 11.8. The van der Waals surface area contributed by atoms with Gasteiger partial charge < -0.3 is 10.6 Å². The van der Waals surface area contributed by atoms with Gasteiger partial charge in [0.1, 0.15) is 5.82 Å². The molecule has 0 unspecified atom stereocenters. The molecule has 132 valence electrons. The summed E-state index contributed by atoms with van der Waals surface area (Å²) in [6.07, 6.45) is -3.87. The van der Waals surface area contributed by atoms with E-state index in [1.165, 1.54) is 6.07 Å². The first-order valence-electron chi connectivity index (χ1n) is 7.17. The zero-order valence-corrected chi connectivity index (χ0v) is 15.2. The standard InChI is InChI=1S/C15H21F4N3.HI/c1-20-14(21-10-5-4-9-15(17,18)19)22-11-8-12-6-2-3-7-13(12)16;/h2-3,6-7H,4-5,8-11H2,1H3,(H2,20,21,22);1H. The molecule has 1 aromatic rings. The minimum atomic E-state index is -4.10. The van der Waals surface area contributed by atoms with Crippen LogP contribution in [-0.2, 0) is 6.42 Å². The van der Waals surface area contributed by atoms with Crippen molar-refractivity contribution in [3.05, 3.63) is 35.6 Å². The van der Waals surface area contributed by atoms with Gasteiger partial charge in [0.25, 0.3) is 0 Å². The lowest BCUT2D eigenvalue weighted by Crippen LogP contribution is -2.38. The van der Waals surface area contributed by atoms with Crippen LogP contribution in [0.4, 0.5) is 17.6 Å². The Morgan fingerprint density at radius 3 is 2.35 bits per heavy atom. The Morgan fingerprint density at radius 2 is 1.74 bits per heavy atom. The number of guanidine groups is 1. The SMILES string of the molecule is CN=C(NCCCCC(F)(F)F)NCCc1ccccc1F.I. The van der Waals surface area contributed by atoms with Crippen molar-refractivity contribution in [3.8, 4) is 0 Å². The number of hydrogen-bond donors (Lipinski definition) is 2. The lowest BCUT2D eigenvalue weighted by molar-refractivity contribution is -0.135. The fraction of sp³-hybridized carbons (Fsp3) is 0.533. The molecule has 1 rings (SSSR count). The van der Waals surface area contributed by atoms with Crippen LogP contribution in [0, 0.1) is 5.82 Å². The van der Waals surface area contributed by atoms with Crippen molar-refractivity contribution in [2.45, 2.75) is 31.9 Å². The first-order chi connectivity index (χ1) is 10.4. The molecule has 2 N–H and O–H groups in total. The van der Waals surface area contributed by atoms with E-state index < -0.39 is 12.6 Å². The summed E-state index contributed by atoms with van der Waals surface area (Å²) in [5, 5.41) is 5.94. The van der Waals surface area contributed by atoms with E-state index in [1.807, 2.05) is 0 Å². The molecular weight excluding hydrogens is 425 g/mol. The van der Waals surface area contributed by atoms with Crippen molar-refractivity contribution in [1.82, 2.24) is 10.6 Å². The van der Waals surface area contributed by atoms with Crippen molar-refractivity contribution < 1.29 is 17.6 Å². The van der Waals surface area contributed by atoms with Crippen LogP contribution in [0.3, 0.4) is 0 Å². The van der Waals surface area contributed by atoms with Crippen LogP contribution in [0.1, 0.15) is 24.8 Å². The Balaban J connectivity index is 0.00000484. The molecule has 0 fully saturated rings. The smallest absolute Gasteiger partial charge is 0.356 e. The van der Waals surface area contributed by atoms with Crippen molar-refractivity contribution >= 4 is 29.9 Å². The summed E-state index contributed by atoms with van der Waals surface area (Å²) in [5.41, 5.74) is 0.607. The summed E-state index contributed by atoms with van der Waals surface area (Å²) < 4.78 is 49.4. The van der Waals surface area contributed by atoms with E-state index in [1.54, 1.807) is 25.2 Å². The molecule has 0 atom stereocenters. The topological polar surface area (TPSA) is 36.4 Å². The second kappa shape index (κ2) is 11.5. The summed E-state index contributed by atoms with van der Waals surface area (Å²) in [6.45, 7) is 0.901. The molecule has 0 amide bonds. The summed E-state index contributed by atoms with van der Waals surface area (Å²) in [7, 11) is 1.58. The monoisotopic (exact) mass is 447 g/mol. The first kappa shape index (κ1) is 21.9. The van der Waals surface area contributed by atoms with E-state index >= 15 is 0 Å². The molecule has 23 heavy (non-hydrogen) atoms. The van der Waals surface area contributed by atoms with Crippen LogP contribution in [0.25, 0.3) is 0 Å². The Bertz CT molecular complexity index is 478. The molecule has 3 nitrogen and oxygen atoms in total. The molecule has 0 radical (unpaired) electrons. The van der Waals surface area contributed by atoms with E-state index in [-0.39, 0.29) is 36.2 Å². The zero-order valence-electron chi connectivity index (χ0n) is 12.9. The van der Waals surface area contributed by atoms with Gasteiger partial charge in [-0.05, 0) is 30.9 Å². The van der Waals surface area contributed by atoms with E-state index in [0.717, 1.165) is 0 Å². The highest BCUT2D eigenvalue weighted by molar-refractivity contribution is 14.0. The van der Waals surface area contributed by atoms with E-state index in [0.29, 0.717) is 37.5 Å². The molecule has 8 heteroatoms. The summed E-state index contributed by atoms with van der Waals surface area (Å²) in [5.74, 6) is 0.253. The number of unbranched alkanes of at least 4 members (excludes halogenated alkanes) is 1. The van der Waals surface area contributed by atoms with Gasteiger partial charge in [0.15, 0.2) is 5.96 Å². The molecule has 0 saturated heterocycles. The Labute approximate surface area is 151 Å². The third-order valence-corrected chi connectivity index (χ3v) is 3.05. The number of nitrogens with zero attached hydrogens (tertiary/aromatic N) is 1. The molecule has 0 heterocycles. The van der Waals surface area contributed by atoms with Crippen LogP contribution in [0.2, 0.25) is 0 Å². The van der Waals surface area contributed by atoms with Gasteiger partial charge in [-0.15, -0.1) is 24.0 Å². The van der Waals surface area contributed by atoms with Gasteiger partial charge in [-0.2, -0.15) is 13.2 Å². The minimum Gasteiger partial charge on any atom is -0.356 e. The van der Waals surface area contributed by atoms with Crippen molar-refractivity contribution in [2.24, 2.45) is 4.99 Å². The van der Waals surface area contributed by atoms with Crippen molar-refractivity contribution in [1.29, 1.82) is 0 Å². The number of benzene rings is 1. The third kappa shape index (κ3) is 10.4. The molecule has 0 aliphatic heterocycles. The average Bonchev–Trinajstić information content (AvgIpc) is 2.45. The lowest BCUT2D eigenvalue weighted by Gasteiger charge is -2.12. The highest BCUT2D eigenvalue weighted by Gasteiger charge is 2.25. The largest absolute Gasteiger partial charge is 0.389 e. The van der Waals surface area contributed by atoms with Crippen molar-refractivity contribution in [3.63, 3.8) is 0 Å². The van der Waals surface area contributed by atoms with Crippen LogP contribution in [0.15, 0.2) is 29.3 Å². The van der Waals surface area contributed by atoms with Gasteiger partial charge in [0.2, 0.25) is 0 Å². The quantitative estimate of drug-likeness (QED) is 0.219. The van der Waals surface area contributed by atoms with Crippen LogP contribution >= 0.6 is 24.0 Å². The fourth-order valence-electron chi connectivity index (χ4n) is 1.89. The van der Waals surface area contributed by atoms with Gasteiger partial charge in [-0.1, -0.05) is 18.2 Å². The molecule has 0 aliphatic rings. The lowest BCUT2D eigenvalue weighted by atomic mass is 10.1. The van der Waals surface area contributed by atoms with Gasteiger partial charge in [-0.25, -0.2) is 4.39 Å². The molecule has 0 bridgehead atoms. The molecule has 0 saturated carbocycles. The van der Waals surface area contributed by atoms with Gasteiger partial charge in [0, 0.05) is 26.6 Å². The second-order valence-corrected chi connectivity index (χ2v) is 4.84. The summed E-state index contributed by atoms with van der Waals surface area (Å²) >= 11 is 0. The Kier molecular flexibility index (Phi) is 10.9. The number of hydrogen-bond acceptors (Lipinski definition) is 1. The van der Waals surface area contributed by atoms with Crippen LogP contribution in [-0.4, -0.2) is 32.3 Å². The number of halogens is 5. The number of alkyl halides is 3. The number of aliphatic imine (C=N–C) groups is 1. The van der Waals surface area contributed by atoms with Crippen LogP contribution in [0.5, 0.6) is 0 Å². The maximum atomic E-state index is 13.4. The maximum absolute atomic E-state index is 13.4. The molecule has 0 aliphatic carbocycles. The predicted octanol–water partition coefficient (Wildman–Crippen LogP) is 3.88. The average molecular weight is 447 g/mol. The number of nitrogens with one attached hydrogen (secondary N) is 2. The van der Waals surface area contributed by atoms with Gasteiger partial charge in [0.05, 0.1) is 0 Å². The fourth-order valence-corrected chi connectivity index (χ4v) is 1.89. The Morgan fingerprint density at radius 1 is 1.09 bits per heavy atom. The summed E-state index contributed by atoms with van der Waals surface area (Å²) in [6, 6.07) is 6.52. The minimum absolute atomic E-state index is 0.